The molecule has 1 aromatic carbocycles. The molecule has 174 valence electrons. The first kappa shape index (κ1) is 22.9. The molecule has 0 radical (unpaired) electrons. The van der Waals surface area contributed by atoms with E-state index in [1.807, 2.05) is 6.92 Å². The molecule has 2 aliphatic rings. The van der Waals surface area contributed by atoms with Crippen molar-refractivity contribution in [2.45, 2.75) is 82.1 Å². The number of carbonyl (C=O) groups is 1. The number of nitrogens with one attached hydrogen (secondary N) is 1. The summed E-state index contributed by atoms with van der Waals surface area (Å²) >= 11 is 0. The fourth-order valence-corrected chi connectivity index (χ4v) is 6.32. The van der Waals surface area contributed by atoms with Gasteiger partial charge in [-0.1, -0.05) is 43.3 Å². The summed E-state index contributed by atoms with van der Waals surface area (Å²) in [6, 6.07) is 4.82. The zero-order chi connectivity index (χ0) is 22.8. The molecule has 1 saturated carbocycles. The Balaban J connectivity index is 1.65. The van der Waals surface area contributed by atoms with Crippen LogP contribution in [0.5, 0.6) is 0 Å². The van der Waals surface area contributed by atoms with Crippen LogP contribution >= 0.6 is 0 Å². The molecule has 8 nitrogen and oxygen atoms in total. The van der Waals surface area contributed by atoms with Gasteiger partial charge in [0.15, 0.2) is 5.82 Å². The van der Waals surface area contributed by atoms with Crippen molar-refractivity contribution in [2.75, 3.05) is 13.1 Å². The summed E-state index contributed by atoms with van der Waals surface area (Å²) in [5.74, 6) is 0.659. The summed E-state index contributed by atoms with van der Waals surface area (Å²) in [5.41, 5.74) is 0.389. The van der Waals surface area contributed by atoms with Gasteiger partial charge in [0.1, 0.15) is 5.54 Å². The third kappa shape index (κ3) is 4.59. The SMILES string of the molecule is Cc1nc(C2(NC(=O)c3cc(S(=O)(=O)N4CCCCC4)ccc3C)CCCCCC2)no1. The first-order valence-electron chi connectivity index (χ1n) is 11.6. The predicted octanol–water partition coefficient (Wildman–Crippen LogP) is 3.84. The fraction of sp³-hybridized carbons (Fsp3) is 0.609. The number of benzene rings is 1. The van der Waals surface area contributed by atoms with E-state index in [2.05, 4.69) is 15.5 Å². The number of aromatic nitrogens is 2. The normalized spacial score (nSPS) is 19.9. The summed E-state index contributed by atoms with van der Waals surface area (Å²) in [6.45, 7) is 4.61. The van der Waals surface area contributed by atoms with Crippen molar-refractivity contribution in [2.24, 2.45) is 0 Å². The minimum absolute atomic E-state index is 0.167. The van der Waals surface area contributed by atoms with Crippen molar-refractivity contribution in [3.05, 3.63) is 41.0 Å². The zero-order valence-corrected chi connectivity index (χ0v) is 19.7. The molecule has 1 aliphatic heterocycles. The topological polar surface area (TPSA) is 105 Å². The number of nitrogens with zero attached hydrogens (tertiary/aromatic N) is 3. The van der Waals surface area contributed by atoms with Gasteiger partial charge in [0.25, 0.3) is 5.91 Å². The smallest absolute Gasteiger partial charge is 0.252 e. The van der Waals surface area contributed by atoms with Crippen molar-refractivity contribution in [3.8, 4) is 0 Å². The molecule has 2 heterocycles. The monoisotopic (exact) mass is 460 g/mol. The largest absolute Gasteiger partial charge is 0.340 e. The molecule has 1 aliphatic carbocycles. The maximum Gasteiger partial charge on any atom is 0.252 e. The molecule has 4 rings (SSSR count). The quantitative estimate of drug-likeness (QED) is 0.680. The van der Waals surface area contributed by atoms with Crippen molar-refractivity contribution >= 4 is 15.9 Å². The highest BCUT2D eigenvalue weighted by atomic mass is 32.2. The summed E-state index contributed by atoms with van der Waals surface area (Å²) in [5, 5.41) is 7.32. The van der Waals surface area contributed by atoms with E-state index in [4.69, 9.17) is 4.52 Å². The Morgan fingerprint density at radius 3 is 2.31 bits per heavy atom. The van der Waals surface area contributed by atoms with Crippen LogP contribution in [-0.4, -0.2) is 41.9 Å². The van der Waals surface area contributed by atoms with E-state index < -0.39 is 15.6 Å². The summed E-state index contributed by atoms with van der Waals surface area (Å²) in [4.78, 5) is 18.1. The van der Waals surface area contributed by atoms with Crippen molar-refractivity contribution in [3.63, 3.8) is 0 Å². The number of amides is 1. The number of piperidine rings is 1. The Morgan fingerprint density at radius 2 is 1.69 bits per heavy atom. The molecule has 9 heteroatoms. The first-order valence-corrected chi connectivity index (χ1v) is 13.0. The standard InChI is InChI=1S/C23H32N4O4S/c1-17-10-11-19(32(29,30)27-14-8-5-9-15-27)16-20(17)21(28)25-23(12-6-3-4-7-13-23)22-24-18(2)31-26-22/h10-11,16H,3-9,12-15H2,1-2H3,(H,25,28). The molecule has 1 N–H and O–H groups in total. The average Bonchev–Trinajstić information content (AvgIpc) is 3.09. The van der Waals surface area contributed by atoms with Gasteiger partial charge in [-0.15, -0.1) is 0 Å². The number of aryl methyl sites for hydroxylation is 2. The zero-order valence-electron chi connectivity index (χ0n) is 18.9. The lowest BCUT2D eigenvalue weighted by molar-refractivity contribution is 0.0876. The van der Waals surface area contributed by atoms with Crippen molar-refractivity contribution in [1.82, 2.24) is 19.8 Å². The second kappa shape index (κ2) is 9.31. The summed E-state index contributed by atoms with van der Waals surface area (Å²) < 4.78 is 33.1. The highest BCUT2D eigenvalue weighted by Gasteiger charge is 2.39. The van der Waals surface area contributed by atoms with E-state index in [9.17, 15) is 13.2 Å². The van der Waals surface area contributed by atoms with E-state index in [1.54, 1.807) is 19.1 Å². The Morgan fingerprint density at radius 1 is 1.03 bits per heavy atom. The highest BCUT2D eigenvalue weighted by Crippen LogP contribution is 2.35. The molecule has 2 aromatic rings. The molecule has 2 fully saturated rings. The summed E-state index contributed by atoms with van der Waals surface area (Å²) in [6.07, 6.45) is 8.33. The van der Waals surface area contributed by atoms with E-state index in [0.717, 1.165) is 63.4 Å². The van der Waals surface area contributed by atoms with Crippen LogP contribution in [-0.2, 0) is 15.6 Å². The Bertz CT molecular complexity index is 1070. The van der Waals surface area contributed by atoms with Gasteiger partial charge in [-0.2, -0.15) is 9.29 Å². The van der Waals surface area contributed by atoms with E-state index in [-0.39, 0.29) is 10.8 Å². The lowest BCUT2D eigenvalue weighted by Crippen LogP contribution is -2.46. The second-order valence-corrected chi connectivity index (χ2v) is 11.0. The molecule has 0 atom stereocenters. The van der Waals surface area contributed by atoms with Crippen LogP contribution in [0.25, 0.3) is 0 Å². The van der Waals surface area contributed by atoms with Crippen LogP contribution in [0.3, 0.4) is 0 Å². The number of carbonyl (C=O) groups excluding carboxylic acids is 1. The van der Waals surface area contributed by atoms with E-state index in [0.29, 0.717) is 30.4 Å². The third-order valence-corrected chi connectivity index (χ3v) is 8.57. The molecule has 0 spiro atoms. The molecule has 1 amide bonds. The maximum atomic E-state index is 13.5. The fourth-order valence-electron chi connectivity index (χ4n) is 4.78. The second-order valence-electron chi connectivity index (χ2n) is 9.03. The predicted molar refractivity (Wildman–Crippen MR) is 120 cm³/mol. The number of rotatable bonds is 5. The molecule has 0 unspecified atom stereocenters. The van der Waals surface area contributed by atoms with E-state index >= 15 is 0 Å². The van der Waals surface area contributed by atoms with Gasteiger partial charge in [-0.25, -0.2) is 8.42 Å². The lowest BCUT2D eigenvalue weighted by Gasteiger charge is -2.31. The van der Waals surface area contributed by atoms with Gasteiger partial charge in [0.05, 0.1) is 4.90 Å². The van der Waals surface area contributed by atoms with Crippen molar-refractivity contribution in [1.29, 1.82) is 0 Å². The summed E-state index contributed by atoms with van der Waals surface area (Å²) in [7, 11) is -3.62. The Kier molecular flexibility index (Phi) is 6.67. The van der Waals surface area contributed by atoms with Gasteiger partial charge >= 0.3 is 0 Å². The lowest BCUT2D eigenvalue weighted by atomic mass is 9.88. The van der Waals surface area contributed by atoms with Gasteiger partial charge in [0, 0.05) is 25.6 Å². The molecule has 1 saturated heterocycles. The average molecular weight is 461 g/mol. The van der Waals surface area contributed by atoms with E-state index in [1.165, 1.54) is 10.4 Å². The highest BCUT2D eigenvalue weighted by molar-refractivity contribution is 7.89. The van der Waals surface area contributed by atoms with Crippen LogP contribution < -0.4 is 5.32 Å². The van der Waals surface area contributed by atoms with Gasteiger partial charge in [-0.05, 0) is 50.3 Å². The molecular formula is C23H32N4O4S. The van der Waals surface area contributed by atoms with Crippen LogP contribution in [0.1, 0.15) is 85.4 Å². The first-order chi connectivity index (χ1) is 15.3. The number of hydrogen-bond donors (Lipinski definition) is 1. The molecule has 0 bridgehead atoms. The van der Waals surface area contributed by atoms with Crippen LogP contribution in [0, 0.1) is 13.8 Å². The Labute approximate surface area is 189 Å². The van der Waals surface area contributed by atoms with Crippen molar-refractivity contribution < 1.29 is 17.7 Å². The van der Waals surface area contributed by atoms with Crippen LogP contribution in [0.2, 0.25) is 0 Å². The minimum Gasteiger partial charge on any atom is -0.340 e. The molecule has 1 aromatic heterocycles. The Hall–Kier alpha value is -2.26. The van der Waals surface area contributed by atoms with Crippen LogP contribution in [0.15, 0.2) is 27.6 Å². The van der Waals surface area contributed by atoms with Crippen LogP contribution in [0.4, 0.5) is 0 Å². The van der Waals surface area contributed by atoms with Gasteiger partial charge < -0.3 is 9.84 Å². The number of sulfonamides is 1. The molecular weight excluding hydrogens is 428 g/mol. The van der Waals surface area contributed by atoms with Gasteiger partial charge in [-0.3, -0.25) is 4.79 Å². The minimum atomic E-state index is -3.62. The molecule has 32 heavy (non-hydrogen) atoms. The number of hydrogen-bond acceptors (Lipinski definition) is 6. The third-order valence-electron chi connectivity index (χ3n) is 6.67. The van der Waals surface area contributed by atoms with Gasteiger partial charge in [0.2, 0.25) is 15.9 Å². The maximum absolute atomic E-state index is 13.5.